The predicted molar refractivity (Wildman–Crippen MR) is 125 cm³/mol. The van der Waals surface area contributed by atoms with Gasteiger partial charge in [0, 0.05) is 41.8 Å². The maximum absolute atomic E-state index is 13.1. The predicted octanol–water partition coefficient (Wildman–Crippen LogP) is 6.34. The molecule has 1 aliphatic heterocycles. The van der Waals surface area contributed by atoms with Gasteiger partial charge in [0.2, 0.25) is 0 Å². The number of hydrogen-bond donors (Lipinski definition) is 1. The topological polar surface area (TPSA) is 32.3 Å². The summed E-state index contributed by atoms with van der Waals surface area (Å²) in [4.78, 5) is 15.2. The Balaban J connectivity index is 1.72. The molecule has 0 unspecified atom stereocenters. The number of halogens is 1. The van der Waals surface area contributed by atoms with Gasteiger partial charge < -0.3 is 10.2 Å². The van der Waals surface area contributed by atoms with E-state index >= 15 is 0 Å². The van der Waals surface area contributed by atoms with Gasteiger partial charge in [0.1, 0.15) is 0 Å². The second kappa shape index (κ2) is 7.03. The fourth-order valence-corrected chi connectivity index (χ4v) is 5.47. The summed E-state index contributed by atoms with van der Waals surface area (Å²) in [6.45, 7) is 0. The van der Waals surface area contributed by atoms with Crippen molar-refractivity contribution >= 4 is 49.4 Å². The molecule has 1 N–H and O–H groups in total. The Labute approximate surface area is 179 Å². The first-order valence-electron chi connectivity index (χ1n) is 10.1. The van der Waals surface area contributed by atoms with Gasteiger partial charge >= 0.3 is 0 Å². The van der Waals surface area contributed by atoms with Crippen LogP contribution in [-0.4, -0.2) is 19.9 Å². The number of allylic oxidation sites excluding steroid dienone is 1. The molecule has 0 bridgehead atoms. The molecule has 3 nitrogen and oxygen atoms in total. The SMILES string of the molecule is CN(C)c1ccc([C@H]2Nc3ccc4ccccc4c3C3=C2C(=O)CCC3)cc1Br. The van der Waals surface area contributed by atoms with Crippen LogP contribution in [0.15, 0.2) is 64.6 Å². The molecule has 0 spiro atoms. The number of nitrogens with zero attached hydrogens (tertiary/aromatic N) is 1. The van der Waals surface area contributed by atoms with Crippen LogP contribution < -0.4 is 10.2 Å². The Hall–Kier alpha value is -2.59. The van der Waals surface area contributed by atoms with Gasteiger partial charge in [0.15, 0.2) is 5.78 Å². The Morgan fingerprint density at radius 1 is 1.03 bits per heavy atom. The number of ketones is 1. The highest BCUT2D eigenvalue weighted by Crippen LogP contribution is 2.48. The minimum Gasteiger partial charge on any atom is -0.377 e. The summed E-state index contributed by atoms with van der Waals surface area (Å²) in [6.07, 6.45) is 2.52. The van der Waals surface area contributed by atoms with Crippen molar-refractivity contribution in [3.8, 4) is 0 Å². The molecule has 1 aliphatic carbocycles. The fourth-order valence-electron chi connectivity index (χ4n) is 4.72. The number of hydrogen-bond acceptors (Lipinski definition) is 3. The van der Waals surface area contributed by atoms with Crippen LogP contribution in [0.1, 0.15) is 36.4 Å². The first-order chi connectivity index (χ1) is 14.0. The molecule has 0 saturated carbocycles. The molecule has 146 valence electrons. The number of nitrogens with one attached hydrogen (secondary N) is 1. The van der Waals surface area contributed by atoms with E-state index in [2.05, 4.69) is 80.7 Å². The number of rotatable bonds is 2. The zero-order chi connectivity index (χ0) is 20.1. The summed E-state index contributed by atoms with van der Waals surface area (Å²) in [5.41, 5.74) is 6.75. The second-order valence-electron chi connectivity index (χ2n) is 8.06. The fraction of sp³-hybridized carbons (Fsp3) is 0.240. The van der Waals surface area contributed by atoms with Crippen molar-refractivity contribution in [1.29, 1.82) is 0 Å². The maximum Gasteiger partial charge on any atom is 0.161 e. The Bertz CT molecular complexity index is 1180. The summed E-state index contributed by atoms with van der Waals surface area (Å²) in [6, 6.07) is 19.1. The second-order valence-corrected chi connectivity index (χ2v) is 8.92. The molecular weight excluding hydrogens is 424 g/mol. The molecule has 3 aromatic carbocycles. The van der Waals surface area contributed by atoms with Crippen LogP contribution in [0.4, 0.5) is 11.4 Å². The zero-order valence-electron chi connectivity index (χ0n) is 16.6. The van der Waals surface area contributed by atoms with Crippen molar-refractivity contribution < 1.29 is 4.79 Å². The molecule has 0 saturated heterocycles. The van der Waals surface area contributed by atoms with Gasteiger partial charge in [-0.3, -0.25) is 4.79 Å². The van der Waals surface area contributed by atoms with Crippen LogP contribution in [0, 0.1) is 0 Å². The van der Waals surface area contributed by atoms with E-state index in [1.807, 2.05) is 14.1 Å². The highest BCUT2D eigenvalue weighted by molar-refractivity contribution is 9.10. The van der Waals surface area contributed by atoms with E-state index in [-0.39, 0.29) is 11.8 Å². The highest BCUT2D eigenvalue weighted by Gasteiger charge is 2.35. The summed E-state index contributed by atoms with van der Waals surface area (Å²) >= 11 is 3.71. The van der Waals surface area contributed by atoms with E-state index in [1.165, 1.54) is 21.9 Å². The molecule has 0 aromatic heterocycles. The minimum absolute atomic E-state index is 0.112. The van der Waals surface area contributed by atoms with Crippen molar-refractivity contribution in [3.63, 3.8) is 0 Å². The van der Waals surface area contributed by atoms with Gasteiger partial charge in [-0.25, -0.2) is 0 Å². The van der Waals surface area contributed by atoms with Crippen molar-refractivity contribution in [3.05, 3.63) is 75.8 Å². The summed E-state index contributed by atoms with van der Waals surface area (Å²) in [7, 11) is 4.07. The average molecular weight is 447 g/mol. The average Bonchev–Trinajstić information content (AvgIpc) is 2.72. The molecule has 1 atom stereocenters. The van der Waals surface area contributed by atoms with Crippen molar-refractivity contribution in [2.45, 2.75) is 25.3 Å². The molecule has 5 rings (SSSR count). The van der Waals surface area contributed by atoms with E-state index < -0.39 is 0 Å². The van der Waals surface area contributed by atoms with Crippen LogP contribution in [-0.2, 0) is 4.79 Å². The van der Waals surface area contributed by atoms with Crippen LogP contribution in [0.2, 0.25) is 0 Å². The first kappa shape index (κ1) is 18.4. The zero-order valence-corrected chi connectivity index (χ0v) is 18.2. The molecule has 0 radical (unpaired) electrons. The third kappa shape index (κ3) is 2.98. The van der Waals surface area contributed by atoms with Gasteiger partial charge in [-0.2, -0.15) is 0 Å². The van der Waals surface area contributed by atoms with Crippen LogP contribution in [0.25, 0.3) is 16.3 Å². The van der Waals surface area contributed by atoms with E-state index in [0.717, 1.165) is 39.8 Å². The molecule has 4 heteroatoms. The third-order valence-corrected chi connectivity index (χ3v) is 6.70. The molecule has 0 amide bonds. The van der Waals surface area contributed by atoms with E-state index in [0.29, 0.717) is 6.42 Å². The van der Waals surface area contributed by atoms with Crippen molar-refractivity contribution in [2.24, 2.45) is 0 Å². The lowest BCUT2D eigenvalue weighted by Gasteiger charge is -2.35. The number of Topliss-reactive ketones (excluding diaryl/α,β-unsaturated/α-hetero) is 1. The summed E-state index contributed by atoms with van der Waals surface area (Å²) < 4.78 is 1.04. The third-order valence-electron chi connectivity index (χ3n) is 6.06. The van der Waals surface area contributed by atoms with Crippen LogP contribution >= 0.6 is 15.9 Å². The van der Waals surface area contributed by atoms with Gasteiger partial charge in [-0.05, 0) is 68.9 Å². The molecular formula is C25H23BrN2O. The van der Waals surface area contributed by atoms with Gasteiger partial charge in [0.25, 0.3) is 0 Å². The van der Waals surface area contributed by atoms with E-state index in [1.54, 1.807) is 0 Å². The van der Waals surface area contributed by atoms with Gasteiger partial charge in [-0.1, -0.05) is 36.4 Å². The number of carbonyl (C=O) groups excluding carboxylic acids is 1. The first-order valence-corrected chi connectivity index (χ1v) is 10.9. The largest absolute Gasteiger partial charge is 0.377 e. The number of fused-ring (bicyclic) bond motifs is 4. The minimum atomic E-state index is -0.112. The Kier molecular flexibility index (Phi) is 4.47. The smallest absolute Gasteiger partial charge is 0.161 e. The molecule has 3 aromatic rings. The maximum atomic E-state index is 13.1. The Morgan fingerprint density at radius 2 is 1.86 bits per heavy atom. The van der Waals surface area contributed by atoms with Crippen molar-refractivity contribution in [2.75, 3.05) is 24.3 Å². The van der Waals surface area contributed by atoms with Gasteiger partial charge in [-0.15, -0.1) is 0 Å². The highest BCUT2D eigenvalue weighted by atomic mass is 79.9. The quantitative estimate of drug-likeness (QED) is 0.498. The normalized spacial score (nSPS) is 18.3. The summed E-state index contributed by atoms with van der Waals surface area (Å²) in [5.74, 6) is 0.273. The molecule has 2 aliphatic rings. The lowest BCUT2D eigenvalue weighted by Crippen LogP contribution is -2.27. The number of anilines is 2. The number of benzene rings is 3. The summed E-state index contributed by atoms with van der Waals surface area (Å²) in [5, 5.41) is 6.14. The van der Waals surface area contributed by atoms with Crippen LogP contribution in [0.3, 0.4) is 0 Å². The van der Waals surface area contributed by atoms with E-state index in [9.17, 15) is 4.79 Å². The molecule has 29 heavy (non-hydrogen) atoms. The van der Waals surface area contributed by atoms with Crippen molar-refractivity contribution in [1.82, 2.24) is 0 Å². The Morgan fingerprint density at radius 3 is 2.66 bits per heavy atom. The monoisotopic (exact) mass is 446 g/mol. The molecule has 0 fully saturated rings. The lowest BCUT2D eigenvalue weighted by molar-refractivity contribution is -0.116. The number of carbonyl (C=O) groups is 1. The van der Waals surface area contributed by atoms with Gasteiger partial charge in [0.05, 0.1) is 11.7 Å². The van der Waals surface area contributed by atoms with Crippen LogP contribution in [0.5, 0.6) is 0 Å². The lowest BCUT2D eigenvalue weighted by atomic mass is 9.77. The van der Waals surface area contributed by atoms with E-state index in [4.69, 9.17) is 0 Å². The molecule has 1 heterocycles. The standard InChI is InChI=1S/C25H23BrN2O/c1-28(2)21-13-11-16(14-19(21)26)25-24-18(8-5-9-22(24)29)23-17-7-4-3-6-15(17)10-12-20(23)27-25/h3-4,6-7,10-14,25,27H,5,8-9H2,1-2H3/t25-/m1/s1.